The molecule has 1 heteroatoms. The van der Waals surface area contributed by atoms with Crippen LogP contribution in [0.4, 0.5) is 17.1 Å². The molecule has 60 heavy (non-hydrogen) atoms. The van der Waals surface area contributed by atoms with Crippen LogP contribution in [0.15, 0.2) is 224 Å². The quantitative estimate of drug-likeness (QED) is 0.149. The van der Waals surface area contributed by atoms with Crippen LogP contribution in [0, 0.1) is 0 Å². The van der Waals surface area contributed by atoms with Crippen molar-refractivity contribution < 1.29 is 0 Å². The van der Waals surface area contributed by atoms with E-state index in [1.54, 1.807) is 0 Å². The van der Waals surface area contributed by atoms with Gasteiger partial charge in [-0.05, 0) is 128 Å². The Morgan fingerprint density at radius 3 is 1.58 bits per heavy atom. The highest BCUT2D eigenvalue weighted by Gasteiger charge is 2.47. The molecule has 0 aliphatic heterocycles. The first-order chi connectivity index (χ1) is 29.8. The summed E-state index contributed by atoms with van der Waals surface area (Å²) >= 11 is 0. The molecule has 0 spiro atoms. The lowest BCUT2D eigenvalue weighted by atomic mass is 9.67. The Hall–Kier alpha value is -7.22. The smallest absolute Gasteiger partial charge is 0.0714 e. The first-order valence-corrected chi connectivity index (χ1v) is 21.4. The highest BCUT2D eigenvalue weighted by atomic mass is 15.1. The third-order valence-electron chi connectivity index (χ3n) is 13.0. The van der Waals surface area contributed by atoms with Gasteiger partial charge in [0.2, 0.25) is 0 Å². The second kappa shape index (κ2) is 15.2. The van der Waals surface area contributed by atoms with Gasteiger partial charge in [-0.15, -0.1) is 0 Å². The lowest BCUT2D eigenvalue weighted by Gasteiger charge is -2.35. The fraction of sp³-hybridized carbons (Fsp3) is 0.0847. The zero-order chi connectivity index (χ0) is 39.9. The molecule has 11 rings (SSSR count). The topological polar surface area (TPSA) is 3.24 Å². The van der Waals surface area contributed by atoms with Gasteiger partial charge in [0.05, 0.1) is 11.1 Å². The van der Waals surface area contributed by atoms with Crippen LogP contribution in [0.1, 0.15) is 46.2 Å². The van der Waals surface area contributed by atoms with Gasteiger partial charge in [0.1, 0.15) is 0 Å². The molecule has 0 radical (unpaired) electrons. The maximum Gasteiger partial charge on any atom is 0.0714 e. The summed E-state index contributed by atoms with van der Waals surface area (Å²) in [4.78, 5) is 2.48. The number of para-hydroxylation sites is 1. The Morgan fingerprint density at radius 1 is 0.350 bits per heavy atom. The van der Waals surface area contributed by atoms with E-state index in [4.69, 9.17) is 0 Å². The molecule has 0 N–H and O–H groups in total. The number of rotatable bonds is 8. The van der Waals surface area contributed by atoms with Crippen molar-refractivity contribution in [1.82, 2.24) is 0 Å². The average Bonchev–Trinajstić information content (AvgIpc) is 3.63. The molecule has 286 valence electrons. The van der Waals surface area contributed by atoms with Crippen molar-refractivity contribution in [3.63, 3.8) is 0 Å². The van der Waals surface area contributed by atoms with Crippen LogP contribution in [-0.2, 0) is 18.3 Å². The highest BCUT2D eigenvalue weighted by molar-refractivity contribution is 5.97. The van der Waals surface area contributed by atoms with Crippen LogP contribution in [0.25, 0.3) is 44.5 Å². The van der Waals surface area contributed by atoms with E-state index in [0.717, 1.165) is 23.5 Å². The summed E-state index contributed by atoms with van der Waals surface area (Å²) in [6, 6.07) is 83.2. The molecule has 0 saturated heterocycles. The molecule has 0 fully saturated rings. The summed E-state index contributed by atoms with van der Waals surface area (Å²) < 4.78 is 0. The number of nitrogens with zero attached hydrogens (tertiary/aromatic N) is 1. The molecular weight excluding hydrogens is 723 g/mol. The van der Waals surface area contributed by atoms with Gasteiger partial charge in [0.15, 0.2) is 0 Å². The van der Waals surface area contributed by atoms with E-state index >= 15 is 0 Å². The maximum atomic E-state index is 2.49. The number of anilines is 3. The number of aryl methyl sites for hydroxylation is 1. The van der Waals surface area contributed by atoms with Crippen molar-refractivity contribution in [1.29, 1.82) is 0 Å². The first kappa shape index (κ1) is 35.9. The van der Waals surface area contributed by atoms with Gasteiger partial charge in [-0.3, -0.25) is 0 Å². The van der Waals surface area contributed by atoms with E-state index in [0.29, 0.717) is 0 Å². The molecule has 9 aromatic rings. The van der Waals surface area contributed by atoms with Crippen LogP contribution < -0.4 is 4.90 Å². The SMILES string of the molecule is c1ccc(-c2ccccc2N(c2ccc(-c3cccc4c3CCCC4)cc2)c2ccc3c(c2)C(c2ccccc2)(c2ccccc2)c2cccc(-c4ccccc4)c2-3)cc1. The van der Waals surface area contributed by atoms with Crippen molar-refractivity contribution in [2.24, 2.45) is 0 Å². The molecule has 0 saturated carbocycles. The molecule has 0 aromatic heterocycles. The normalized spacial score (nSPS) is 13.5. The molecule has 0 amide bonds. The Balaban J connectivity index is 1.17. The number of hydrogen-bond acceptors (Lipinski definition) is 1. The van der Waals surface area contributed by atoms with Gasteiger partial charge in [-0.2, -0.15) is 0 Å². The van der Waals surface area contributed by atoms with Crippen LogP contribution >= 0.6 is 0 Å². The summed E-state index contributed by atoms with van der Waals surface area (Å²) in [6.45, 7) is 0. The van der Waals surface area contributed by atoms with Gasteiger partial charge >= 0.3 is 0 Å². The summed E-state index contributed by atoms with van der Waals surface area (Å²) in [5.74, 6) is 0. The Labute approximate surface area is 353 Å². The monoisotopic (exact) mass is 767 g/mol. The van der Waals surface area contributed by atoms with E-state index in [1.165, 1.54) is 97.2 Å². The molecule has 2 aliphatic carbocycles. The van der Waals surface area contributed by atoms with Gasteiger partial charge in [0.25, 0.3) is 0 Å². The second-order valence-corrected chi connectivity index (χ2v) is 16.2. The van der Waals surface area contributed by atoms with E-state index in [9.17, 15) is 0 Å². The molecular formula is C59H45N. The van der Waals surface area contributed by atoms with E-state index in [-0.39, 0.29) is 0 Å². The Bertz CT molecular complexity index is 2910. The molecule has 0 unspecified atom stereocenters. The minimum absolute atomic E-state index is 0.561. The van der Waals surface area contributed by atoms with Crippen molar-refractivity contribution in [3.8, 4) is 44.5 Å². The largest absolute Gasteiger partial charge is 0.310 e. The van der Waals surface area contributed by atoms with Crippen LogP contribution in [0.3, 0.4) is 0 Å². The second-order valence-electron chi connectivity index (χ2n) is 16.2. The number of hydrogen-bond donors (Lipinski definition) is 0. The first-order valence-electron chi connectivity index (χ1n) is 21.4. The molecule has 0 heterocycles. The van der Waals surface area contributed by atoms with Gasteiger partial charge < -0.3 is 4.90 Å². The molecule has 2 aliphatic rings. The average molecular weight is 768 g/mol. The van der Waals surface area contributed by atoms with Crippen LogP contribution in [-0.4, -0.2) is 0 Å². The number of fused-ring (bicyclic) bond motifs is 4. The summed E-state index contributed by atoms with van der Waals surface area (Å²) in [5, 5.41) is 0. The molecule has 0 bridgehead atoms. The lowest BCUT2D eigenvalue weighted by Crippen LogP contribution is -2.28. The van der Waals surface area contributed by atoms with Gasteiger partial charge in [-0.1, -0.05) is 194 Å². The summed E-state index contributed by atoms with van der Waals surface area (Å²) in [6.07, 6.45) is 4.86. The van der Waals surface area contributed by atoms with Crippen molar-refractivity contribution in [2.75, 3.05) is 4.90 Å². The minimum Gasteiger partial charge on any atom is -0.310 e. The maximum absolute atomic E-state index is 2.49. The van der Waals surface area contributed by atoms with Crippen molar-refractivity contribution in [3.05, 3.63) is 258 Å². The van der Waals surface area contributed by atoms with Gasteiger partial charge in [0, 0.05) is 16.9 Å². The van der Waals surface area contributed by atoms with E-state index in [2.05, 4.69) is 229 Å². The lowest BCUT2D eigenvalue weighted by molar-refractivity contribution is 0.687. The predicted octanol–water partition coefficient (Wildman–Crippen LogP) is 15.4. The summed E-state index contributed by atoms with van der Waals surface area (Å²) in [7, 11) is 0. The third kappa shape index (κ3) is 5.92. The number of benzene rings is 9. The third-order valence-corrected chi connectivity index (χ3v) is 13.0. The predicted molar refractivity (Wildman–Crippen MR) is 251 cm³/mol. The van der Waals surface area contributed by atoms with E-state index < -0.39 is 5.41 Å². The Kier molecular flexibility index (Phi) is 9.09. The molecule has 0 atom stereocenters. The standard InChI is InChI=1S/C59H45N/c1-5-19-43(20-6-1)52-30-15-16-34-57(52)60(48-37-35-45(36-38-48)51-31-17-24-42-23-13-14-29-50(42)51)49-39-40-54-56(41-49)59(46-25-9-3-10-26-46,47-27-11-4-12-28-47)55-33-18-32-53(58(54)55)44-21-7-2-8-22-44/h1-12,15-22,24-28,30-41H,13-14,23,29H2. The zero-order valence-corrected chi connectivity index (χ0v) is 33.6. The minimum atomic E-state index is -0.561. The van der Waals surface area contributed by atoms with Crippen LogP contribution in [0.5, 0.6) is 0 Å². The zero-order valence-electron chi connectivity index (χ0n) is 33.6. The van der Waals surface area contributed by atoms with E-state index in [1.807, 2.05) is 0 Å². The van der Waals surface area contributed by atoms with Crippen molar-refractivity contribution in [2.45, 2.75) is 31.1 Å². The van der Waals surface area contributed by atoms with Crippen molar-refractivity contribution >= 4 is 17.1 Å². The molecule has 1 nitrogen and oxygen atoms in total. The fourth-order valence-corrected chi connectivity index (χ4v) is 10.3. The highest BCUT2D eigenvalue weighted by Crippen LogP contribution is 2.59. The fourth-order valence-electron chi connectivity index (χ4n) is 10.3. The van der Waals surface area contributed by atoms with Crippen LogP contribution in [0.2, 0.25) is 0 Å². The summed E-state index contributed by atoms with van der Waals surface area (Å²) in [5.41, 5.74) is 21.0. The Morgan fingerprint density at radius 2 is 0.883 bits per heavy atom. The molecule has 9 aromatic carbocycles. The van der Waals surface area contributed by atoms with Gasteiger partial charge in [-0.25, -0.2) is 0 Å².